The van der Waals surface area contributed by atoms with E-state index in [0.29, 0.717) is 0 Å². The number of aromatic amines is 2. The highest BCUT2D eigenvalue weighted by atomic mass is 32.1. The maximum Gasteiger partial charge on any atom is 0.116 e. The molecule has 0 bridgehead atoms. The van der Waals surface area contributed by atoms with E-state index in [1.807, 2.05) is 36.9 Å². The molecule has 0 aliphatic carbocycles. The number of aryl methyl sites for hydroxylation is 1. The molecule has 6 rings (SSSR count). The molecule has 0 saturated heterocycles. The van der Waals surface area contributed by atoms with E-state index < -0.39 is 0 Å². The van der Waals surface area contributed by atoms with Gasteiger partial charge in [-0.2, -0.15) is 5.10 Å². The van der Waals surface area contributed by atoms with Gasteiger partial charge in [0.25, 0.3) is 0 Å². The van der Waals surface area contributed by atoms with Crippen LogP contribution in [0.5, 0.6) is 0 Å². The van der Waals surface area contributed by atoms with Gasteiger partial charge in [0, 0.05) is 44.7 Å². The fraction of sp³-hybridized carbons (Fsp3) is 0.0417. The lowest BCUT2D eigenvalue weighted by Crippen LogP contribution is -1.81. The summed E-state index contributed by atoms with van der Waals surface area (Å²) in [5.74, 6) is 0. The lowest BCUT2D eigenvalue weighted by molar-refractivity contribution is 1.12. The number of rotatable bonds is 3. The Morgan fingerprint density at radius 1 is 0.800 bits per heavy atom. The minimum absolute atomic E-state index is 0.908. The fourth-order valence-corrected chi connectivity index (χ4v) is 4.79. The summed E-state index contributed by atoms with van der Waals surface area (Å²) in [5, 5.41) is 10.0. The van der Waals surface area contributed by atoms with Crippen LogP contribution in [0, 0.1) is 6.92 Å². The Balaban J connectivity index is 1.52. The van der Waals surface area contributed by atoms with Crippen LogP contribution in [-0.2, 0) is 0 Å². The largest absolute Gasteiger partial charge is 0.352 e. The smallest absolute Gasteiger partial charge is 0.116 e. The van der Waals surface area contributed by atoms with Gasteiger partial charge >= 0.3 is 0 Å². The predicted molar refractivity (Wildman–Crippen MR) is 122 cm³/mol. The maximum absolute atomic E-state index is 4.62. The molecule has 0 spiro atoms. The number of pyridine rings is 2. The highest BCUT2D eigenvalue weighted by Crippen LogP contribution is 2.36. The van der Waals surface area contributed by atoms with Gasteiger partial charge in [0.2, 0.25) is 0 Å². The van der Waals surface area contributed by atoms with Crippen molar-refractivity contribution < 1.29 is 0 Å². The summed E-state index contributed by atoms with van der Waals surface area (Å²) >= 11 is 1.78. The van der Waals surface area contributed by atoms with Crippen molar-refractivity contribution in [1.82, 2.24) is 25.1 Å². The van der Waals surface area contributed by atoms with Gasteiger partial charge in [-0.05, 0) is 60.5 Å². The molecule has 0 fully saturated rings. The first-order chi connectivity index (χ1) is 14.8. The van der Waals surface area contributed by atoms with Gasteiger partial charge in [-0.25, -0.2) is 0 Å². The minimum atomic E-state index is 0.908. The first kappa shape index (κ1) is 17.1. The number of H-pyrrole nitrogens is 2. The Bertz CT molecular complexity index is 1510. The second kappa shape index (κ2) is 6.64. The van der Waals surface area contributed by atoms with E-state index in [0.717, 1.165) is 49.9 Å². The second-order valence-corrected chi connectivity index (χ2v) is 8.60. The molecule has 0 radical (unpaired) electrons. The average Bonchev–Trinajstić information content (AvgIpc) is 3.51. The number of aromatic nitrogens is 5. The summed E-state index contributed by atoms with van der Waals surface area (Å²) in [6, 6.07) is 16.9. The van der Waals surface area contributed by atoms with Crippen LogP contribution in [-0.4, -0.2) is 25.1 Å². The molecule has 6 aromatic rings. The van der Waals surface area contributed by atoms with E-state index in [4.69, 9.17) is 0 Å². The van der Waals surface area contributed by atoms with Crippen LogP contribution < -0.4 is 0 Å². The third kappa shape index (κ3) is 2.73. The van der Waals surface area contributed by atoms with Crippen LogP contribution in [0.25, 0.3) is 54.8 Å². The molecule has 0 atom stereocenters. The number of hydrogen-bond donors (Lipinski definition) is 2. The van der Waals surface area contributed by atoms with Crippen LogP contribution in [0.1, 0.15) is 4.88 Å². The monoisotopic (exact) mass is 407 g/mol. The van der Waals surface area contributed by atoms with E-state index in [2.05, 4.69) is 68.5 Å². The first-order valence-electron chi connectivity index (χ1n) is 9.69. The normalized spacial score (nSPS) is 11.5. The second-order valence-electron chi connectivity index (χ2n) is 7.31. The molecule has 6 heteroatoms. The van der Waals surface area contributed by atoms with Crippen LogP contribution in [0.4, 0.5) is 0 Å². The number of hydrogen-bond acceptors (Lipinski definition) is 4. The average molecular weight is 408 g/mol. The Hall–Kier alpha value is -3.77. The number of nitrogens with one attached hydrogen (secondary N) is 2. The molecule has 144 valence electrons. The Labute approximate surface area is 176 Å². The zero-order valence-corrected chi connectivity index (χ0v) is 17.0. The SMILES string of the molecule is Cc1ccc(-c2cncc3[nH]c(-c4n[nH]c5ccc(-c6ccncc6)cc45)cc23)s1. The van der Waals surface area contributed by atoms with Crippen molar-refractivity contribution in [3.63, 3.8) is 0 Å². The van der Waals surface area contributed by atoms with E-state index in [1.165, 1.54) is 9.75 Å². The standard InChI is InChI=1S/C24H17N5S/c1-14-2-5-23(30-14)19-12-26-13-22-17(19)11-21(27-22)24-18-10-16(3-4-20(18)28-29-24)15-6-8-25-9-7-15/h2-13,27H,1H3,(H,28,29). The Morgan fingerprint density at radius 3 is 2.53 bits per heavy atom. The van der Waals surface area contributed by atoms with Gasteiger partial charge in [0.05, 0.1) is 22.9 Å². The van der Waals surface area contributed by atoms with Gasteiger partial charge < -0.3 is 4.98 Å². The molecule has 0 aliphatic heterocycles. The third-order valence-electron chi connectivity index (χ3n) is 5.38. The minimum Gasteiger partial charge on any atom is -0.352 e. The summed E-state index contributed by atoms with van der Waals surface area (Å²) in [6.45, 7) is 2.13. The third-order valence-corrected chi connectivity index (χ3v) is 6.42. The molecule has 0 aliphatic rings. The van der Waals surface area contributed by atoms with Crippen molar-refractivity contribution in [3.05, 3.63) is 78.2 Å². The summed E-state index contributed by atoms with van der Waals surface area (Å²) in [6.07, 6.45) is 7.44. The van der Waals surface area contributed by atoms with Gasteiger partial charge in [-0.3, -0.25) is 15.1 Å². The maximum atomic E-state index is 4.62. The Kier molecular flexibility index (Phi) is 3.79. The Morgan fingerprint density at radius 2 is 1.70 bits per heavy atom. The van der Waals surface area contributed by atoms with Crippen molar-refractivity contribution in [2.75, 3.05) is 0 Å². The van der Waals surface area contributed by atoms with Crippen molar-refractivity contribution >= 4 is 33.1 Å². The summed E-state index contributed by atoms with van der Waals surface area (Å²) in [4.78, 5) is 14.6. The van der Waals surface area contributed by atoms with E-state index >= 15 is 0 Å². The first-order valence-corrected chi connectivity index (χ1v) is 10.5. The summed E-state index contributed by atoms with van der Waals surface area (Å²) < 4.78 is 0. The highest BCUT2D eigenvalue weighted by molar-refractivity contribution is 7.15. The van der Waals surface area contributed by atoms with Gasteiger partial charge in [0.15, 0.2) is 0 Å². The number of nitrogens with zero attached hydrogens (tertiary/aromatic N) is 3. The molecule has 0 amide bonds. The molecular formula is C24H17N5S. The highest BCUT2D eigenvalue weighted by Gasteiger charge is 2.15. The van der Waals surface area contributed by atoms with Crippen LogP contribution in [0.15, 0.2) is 73.3 Å². The van der Waals surface area contributed by atoms with Crippen molar-refractivity contribution in [2.45, 2.75) is 6.92 Å². The van der Waals surface area contributed by atoms with Crippen LogP contribution in [0.2, 0.25) is 0 Å². The molecule has 2 N–H and O–H groups in total. The topological polar surface area (TPSA) is 70.2 Å². The van der Waals surface area contributed by atoms with Gasteiger partial charge in [-0.15, -0.1) is 11.3 Å². The molecule has 0 saturated carbocycles. The lowest BCUT2D eigenvalue weighted by atomic mass is 10.0. The molecular weight excluding hydrogens is 390 g/mol. The molecule has 5 aromatic heterocycles. The number of benzene rings is 1. The molecule has 0 unspecified atom stereocenters. The van der Waals surface area contributed by atoms with E-state index in [9.17, 15) is 0 Å². The quantitative estimate of drug-likeness (QED) is 0.367. The number of thiophene rings is 1. The molecule has 30 heavy (non-hydrogen) atoms. The van der Waals surface area contributed by atoms with Crippen molar-refractivity contribution in [3.8, 4) is 33.0 Å². The van der Waals surface area contributed by atoms with Crippen LogP contribution >= 0.6 is 11.3 Å². The zero-order chi connectivity index (χ0) is 20.1. The molecule has 1 aromatic carbocycles. The van der Waals surface area contributed by atoms with Crippen molar-refractivity contribution in [2.24, 2.45) is 0 Å². The summed E-state index contributed by atoms with van der Waals surface area (Å²) in [5.41, 5.74) is 7.32. The van der Waals surface area contributed by atoms with Crippen LogP contribution in [0.3, 0.4) is 0 Å². The number of fused-ring (bicyclic) bond motifs is 2. The van der Waals surface area contributed by atoms with E-state index in [-0.39, 0.29) is 0 Å². The predicted octanol–water partition coefficient (Wildman–Crippen LogP) is 6.21. The molecule has 5 nitrogen and oxygen atoms in total. The fourth-order valence-electron chi connectivity index (χ4n) is 3.90. The lowest BCUT2D eigenvalue weighted by Gasteiger charge is -2.02. The van der Waals surface area contributed by atoms with Crippen molar-refractivity contribution in [1.29, 1.82) is 0 Å². The van der Waals surface area contributed by atoms with E-state index in [1.54, 1.807) is 11.3 Å². The zero-order valence-electron chi connectivity index (χ0n) is 16.2. The van der Waals surface area contributed by atoms with Gasteiger partial charge in [0.1, 0.15) is 5.69 Å². The molecule has 5 heterocycles. The van der Waals surface area contributed by atoms with Gasteiger partial charge in [-0.1, -0.05) is 6.07 Å². The summed E-state index contributed by atoms with van der Waals surface area (Å²) in [7, 11) is 0.